The van der Waals surface area contributed by atoms with Gasteiger partial charge in [0.05, 0.1) is 11.3 Å². The number of rotatable bonds is 6. The van der Waals surface area contributed by atoms with Crippen molar-refractivity contribution in [3.8, 4) is 6.07 Å². The lowest BCUT2D eigenvalue weighted by molar-refractivity contribution is 0.401. The Kier molecular flexibility index (Phi) is 5.97. The molecule has 1 aromatic rings. The van der Waals surface area contributed by atoms with Gasteiger partial charge in [-0.15, -0.1) is 11.6 Å². The minimum Gasteiger partial charge on any atom is -0.373 e. The van der Waals surface area contributed by atoms with Crippen molar-refractivity contribution in [2.45, 2.75) is 12.3 Å². The van der Waals surface area contributed by atoms with Gasteiger partial charge in [0.1, 0.15) is 6.07 Å². The first-order valence-electron chi connectivity index (χ1n) is 6.03. The van der Waals surface area contributed by atoms with Crippen LogP contribution in [0.25, 0.3) is 0 Å². The standard InChI is InChI=1S/C14H20ClN3/c1-17(2)7-4-8-18(3)14-6-5-12(10-15)9-13(14)11-16/h5-6,9H,4,7-8,10H2,1-3H3. The van der Waals surface area contributed by atoms with E-state index < -0.39 is 0 Å². The zero-order valence-corrected chi connectivity index (χ0v) is 12.0. The molecular formula is C14H20ClN3. The summed E-state index contributed by atoms with van der Waals surface area (Å²) in [4.78, 5) is 4.29. The van der Waals surface area contributed by atoms with Crippen LogP contribution in [0.4, 0.5) is 5.69 Å². The molecule has 0 atom stereocenters. The van der Waals surface area contributed by atoms with E-state index in [1.165, 1.54) is 0 Å². The molecule has 0 spiro atoms. The fraction of sp³-hybridized carbons (Fsp3) is 0.500. The lowest BCUT2D eigenvalue weighted by Crippen LogP contribution is -2.24. The van der Waals surface area contributed by atoms with E-state index in [9.17, 15) is 5.26 Å². The van der Waals surface area contributed by atoms with Crippen molar-refractivity contribution in [3.63, 3.8) is 0 Å². The number of halogens is 1. The van der Waals surface area contributed by atoms with Crippen molar-refractivity contribution < 1.29 is 0 Å². The van der Waals surface area contributed by atoms with Gasteiger partial charge in [0.25, 0.3) is 0 Å². The maximum atomic E-state index is 9.17. The van der Waals surface area contributed by atoms with E-state index in [4.69, 9.17) is 11.6 Å². The normalized spacial score (nSPS) is 10.4. The third-order valence-corrected chi connectivity index (χ3v) is 3.15. The Morgan fingerprint density at radius 1 is 1.22 bits per heavy atom. The number of hydrogen-bond acceptors (Lipinski definition) is 3. The average molecular weight is 266 g/mol. The molecule has 4 heteroatoms. The molecule has 18 heavy (non-hydrogen) atoms. The summed E-state index contributed by atoms with van der Waals surface area (Å²) in [7, 11) is 6.15. The van der Waals surface area contributed by atoms with Crippen LogP contribution >= 0.6 is 11.6 Å². The highest BCUT2D eigenvalue weighted by molar-refractivity contribution is 6.17. The van der Waals surface area contributed by atoms with Gasteiger partial charge in [-0.25, -0.2) is 0 Å². The van der Waals surface area contributed by atoms with Crippen molar-refractivity contribution in [2.24, 2.45) is 0 Å². The first-order chi connectivity index (χ1) is 8.58. The molecule has 0 aliphatic rings. The number of anilines is 1. The van der Waals surface area contributed by atoms with E-state index in [1.54, 1.807) is 0 Å². The highest BCUT2D eigenvalue weighted by Crippen LogP contribution is 2.21. The largest absolute Gasteiger partial charge is 0.373 e. The van der Waals surface area contributed by atoms with E-state index >= 15 is 0 Å². The van der Waals surface area contributed by atoms with Crippen molar-refractivity contribution in [3.05, 3.63) is 29.3 Å². The summed E-state index contributed by atoms with van der Waals surface area (Å²) in [5.74, 6) is 0.444. The van der Waals surface area contributed by atoms with Gasteiger partial charge < -0.3 is 9.80 Å². The molecule has 0 amide bonds. The first kappa shape index (κ1) is 14.8. The van der Waals surface area contributed by atoms with Crippen LogP contribution in [-0.4, -0.2) is 39.1 Å². The third-order valence-electron chi connectivity index (χ3n) is 2.85. The second kappa shape index (κ2) is 7.25. The predicted octanol–water partition coefficient (Wildman–Crippen LogP) is 2.68. The molecule has 0 fully saturated rings. The van der Waals surface area contributed by atoms with Crippen LogP contribution in [0.5, 0.6) is 0 Å². The Bertz CT molecular complexity index is 424. The molecule has 0 aliphatic carbocycles. The molecule has 1 rings (SSSR count). The summed E-state index contributed by atoms with van der Waals surface area (Å²) in [5.41, 5.74) is 2.66. The van der Waals surface area contributed by atoms with E-state index in [0.29, 0.717) is 11.4 Å². The van der Waals surface area contributed by atoms with E-state index in [1.807, 2.05) is 25.2 Å². The summed E-state index contributed by atoms with van der Waals surface area (Å²) in [6.07, 6.45) is 1.08. The van der Waals surface area contributed by atoms with Gasteiger partial charge in [0.2, 0.25) is 0 Å². The topological polar surface area (TPSA) is 30.3 Å². The second-order valence-electron chi connectivity index (χ2n) is 4.68. The highest BCUT2D eigenvalue weighted by atomic mass is 35.5. The van der Waals surface area contributed by atoms with E-state index in [-0.39, 0.29) is 0 Å². The number of nitriles is 1. The van der Waals surface area contributed by atoms with E-state index in [2.05, 4.69) is 30.0 Å². The van der Waals surface area contributed by atoms with Crippen molar-refractivity contribution in [2.75, 3.05) is 39.1 Å². The van der Waals surface area contributed by atoms with Crippen LogP contribution in [0.2, 0.25) is 0 Å². The molecule has 0 saturated carbocycles. The molecule has 0 heterocycles. The third kappa shape index (κ3) is 4.21. The molecule has 0 saturated heterocycles. The molecule has 0 aliphatic heterocycles. The summed E-state index contributed by atoms with van der Waals surface area (Å²) < 4.78 is 0. The maximum absolute atomic E-state index is 9.17. The summed E-state index contributed by atoms with van der Waals surface area (Å²) in [6.45, 7) is 1.99. The van der Waals surface area contributed by atoms with Crippen LogP contribution in [0.1, 0.15) is 17.5 Å². The van der Waals surface area contributed by atoms with Crippen LogP contribution in [0.3, 0.4) is 0 Å². The Morgan fingerprint density at radius 2 is 1.94 bits per heavy atom. The Labute approximate surface area is 115 Å². The van der Waals surface area contributed by atoms with Crippen LogP contribution < -0.4 is 4.90 Å². The summed E-state index contributed by atoms with van der Waals surface area (Å²) >= 11 is 5.78. The monoisotopic (exact) mass is 265 g/mol. The Balaban J connectivity index is 2.73. The van der Waals surface area contributed by atoms with Gasteiger partial charge in [-0.3, -0.25) is 0 Å². The quantitative estimate of drug-likeness (QED) is 0.741. The van der Waals surface area contributed by atoms with E-state index in [0.717, 1.165) is 30.8 Å². The molecule has 98 valence electrons. The molecule has 0 bridgehead atoms. The minimum atomic E-state index is 0.444. The zero-order valence-electron chi connectivity index (χ0n) is 11.3. The smallest absolute Gasteiger partial charge is 0.101 e. The zero-order chi connectivity index (χ0) is 13.5. The maximum Gasteiger partial charge on any atom is 0.101 e. The minimum absolute atomic E-state index is 0.444. The lowest BCUT2D eigenvalue weighted by Gasteiger charge is -2.21. The fourth-order valence-electron chi connectivity index (χ4n) is 1.83. The first-order valence-corrected chi connectivity index (χ1v) is 6.56. The molecule has 0 unspecified atom stereocenters. The fourth-order valence-corrected chi connectivity index (χ4v) is 2.00. The predicted molar refractivity (Wildman–Crippen MR) is 77.2 cm³/mol. The van der Waals surface area contributed by atoms with Crippen molar-refractivity contribution in [1.29, 1.82) is 5.26 Å². The van der Waals surface area contributed by atoms with Gasteiger partial charge in [-0.05, 0) is 44.8 Å². The molecule has 3 nitrogen and oxygen atoms in total. The molecule has 1 aromatic carbocycles. The van der Waals surface area contributed by atoms with Crippen LogP contribution in [0, 0.1) is 11.3 Å². The average Bonchev–Trinajstić information content (AvgIpc) is 2.37. The highest BCUT2D eigenvalue weighted by Gasteiger charge is 2.08. The number of nitrogens with zero attached hydrogens (tertiary/aromatic N) is 3. The van der Waals surface area contributed by atoms with Crippen molar-refractivity contribution >= 4 is 17.3 Å². The molecular weight excluding hydrogens is 246 g/mol. The number of hydrogen-bond donors (Lipinski definition) is 0. The lowest BCUT2D eigenvalue weighted by atomic mass is 10.1. The molecule has 0 radical (unpaired) electrons. The Morgan fingerprint density at radius 3 is 2.50 bits per heavy atom. The van der Waals surface area contributed by atoms with Gasteiger partial charge >= 0.3 is 0 Å². The van der Waals surface area contributed by atoms with Crippen LogP contribution in [-0.2, 0) is 5.88 Å². The second-order valence-corrected chi connectivity index (χ2v) is 4.94. The van der Waals surface area contributed by atoms with Gasteiger partial charge in [-0.1, -0.05) is 6.07 Å². The number of benzene rings is 1. The summed E-state index contributed by atoms with van der Waals surface area (Å²) in [6, 6.07) is 8.06. The SMILES string of the molecule is CN(C)CCCN(C)c1ccc(CCl)cc1C#N. The number of alkyl halides is 1. The molecule has 0 aromatic heterocycles. The van der Waals surface area contributed by atoms with Gasteiger partial charge in [0, 0.05) is 19.5 Å². The van der Waals surface area contributed by atoms with Crippen molar-refractivity contribution in [1.82, 2.24) is 4.90 Å². The van der Waals surface area contributed by atoms with Crippen LogP contribution in [0.15, 0.2) is 18.2 Å². The summed E-state index contributed by atoms with van der Waals surface area (Å²) in [5, 5.41) is 9.17. The van der Waals surface area contributed by atoms with Gasteiger partial charge in [-0.2, -0.15) is 5.26 Å². The van der Waals surface area contributed by atoms with Gasteiger partial charge in [0.15, 0.2) is 0 Å². The Hall–Kier alpha value is -1.24. The molecule has 0 N–H and O–H groups in total.